The largest absolute Gasteiger partial charge is 0.482 e. The van der Waals surface area contributed by atoms with Crippen LogP contribution in [0.1, 0.15) is 30.0 Å². The second-order valence-corrected chi connectivity index (χ2v) is 11.7. The van der Waals surface area contributed by atoms with Crippen molar-refractivity contribution in [2.24, 2.45) is 0 Å². The first-order valence-corrected chi connectivity index (χ1v) is 15.5. The molecular formula is C38H36N2O3S. The van der Waals surface area contributed by atoms with Gasteiger partial charge in [0.05, 0.1) is 0 Å². The predicted molar refractivity (Wildman–Crippen MR) is 184 cm³/mol. The van der Waals surface area contributed by atoms with E-state index in [1.807, 2.05) is 67.6 Å². The van der Waals surface area contributed by atoms with E-state index in [0.29, 0.717) is 5.75 Å². The lowest BCUT2D eigenvalue weighted by Crippen LogP contribution is -2.10. The van der Waals surface area contributed by atoms with Gasteiger partial charge in [0.15, 0.2) is 6.61 Å². The molecule has 0 heterocycles. The molecule has 0 aliphatic heterocycles. The Balaban J connectivity index is 1.48. The number of thioether (sulfide) groups is 1. The zero-order valence-corrected chi connectivity index (χ0v) is 25.7. The van der Waals surface area contributed by atoms with Gasteiger partial charge in [0.2, 0.25) is 0 Å². The predicted octanol–water partition coefficient (Wildman–Crippen LogP) is 8.96. The van der Waals surface area contributed by atoms with Crippen LogP contribution < -0.4 is 16.2 Å². The second kappa shape index (κ2) is 14.0. The molecule has 0 saturated heterocycles. The van der Waals surface area contributed by atoms with E-state index in [1.165, 1.54) is 11.1 Å². The number of carbonyl (C=O) groups is 1. The molecular weight excluding hydrogens is 564 g/mol. The van der Waals surface area contributed by atoms with Crippen molar-refractivity contribution in [1.29, 1.82) is 0 Å². The molecule has 0 atom stereocenters. The summed E-state index contributed by atoms with van der Waals surface area (Å²) in [6.07, 6.45) is 0.889. The fourth-order valence-electron chi connectivity index (χ4n) is 5.12. The number of carboxylic acids is 1. The minimum atomic E-state index is -0.990. The molecule has 0 unspecified atom stereocenters. The van der Waals surface area contributed by atoms with Gasteiger partial charge in [0, 0.05) is 22.0 Å². The number of hydrogen-bond donors (Lipinski definition) is 3. The fourth-order valence-corrected chi connectivity index (χ4v) is 6.23. The second-order valence-electron chi connectivity index (χ2n) is 10.6. The van der Waals surface area contributed by atoms with E-state index in [-0.39, 0.29) is 6.61 Å². The number of nitrogens with two attached hydrogens (primary N) is 2. The summed E-state index contributed by atoms with van der Waals surface area (Å²) in [6, 6.07) is 39.3. The van der Waals surface area contributed by atoms with Gasteiger partial charge in [0.25, 0.3) is 0 Å². The molecule has 5 N–H and O–H groups in total. The number of aliphatic carboxylic acids is 1. The van der Waals surface area contributed by atoms with Gasteiger partial charge in [-0.05, 0) is 100 Å². The first-order valence-electron chi connectivity index (χ1n) is 14.5. The molecule has 44 heavy (non-hydrogen) atoms. The van der Waals surface area contributed by atoms with Crippen LogP contribution in [0.25, 0.3) is 27.8 Å². The Bertz CT molecular complexity index is 1670. The molecule has 0 amide bonds. The van der Waals surface area contributed by atoms with E-state index in [0.717, 1.165) is 67.4 Å². The minimum absolute atomic E-state index is 0.354. The van der Waals surface area contributed by atoms with Crippen LogP contribution in [0.15, 0.2) is 126 Å². The number of anilines is 2. The van der Waals surface area contributed by atoms with Crippen molar-refractivity contribution in [3.05, 3.63) is 138 Å². The average Bonchev–Trinajstić information content (AvgIpc) is 3.03. The summed E-state index contributed by atoms with van der Waals surface area (Å²) in [6.45, 7) is 3.79. The van der Waals surface area contributed by atoms with Gasteiger partial charge in [-0.1, -0.05) is 85.3 Å². The van der Waals surface area contributed by atoms with Crippen LogP contribution in [0.3, 0.4) is 0 Å². The monoisotopic (exact) mass is 600 g/mol. The summed E-state index contributed by atoms with van der Waals surface area (Å²) < 4.78 is 5.42. The zero-order chi connectivity index (χ0) is 31.1. The molecule has 0 fully saturated rings. The van der Waals surface area contributed by atoms with Crippen molar-refractivity contribution in [3.63, 3.8) is 0 Å². The molecule has 0 radical (unpaired) electrons. The maximum Gasteiger partial charge on any atom is 0.341 e. The maximum atomic E-state index is 10.9. The molecule has 0 aliphatic rings. The quantitative estimate of drug-likeness (QED) is 0.103. The molecule has 0 spiro atoms. The SMILES string of the molecule is CCC(CSc1ccc(OCC(=O)O)c(C)c1)=C(c1ccc(-c2ccc(N)cc2)cc1)c1ccc(-c2ccc(N)cc2)cc1. The molecule has 6 heteroatoms. The van der Waals surface area contributed by atoms with Crippen molar-refractivity contribution in [3.8, 4) is 28.0 Å². The van der Waals surface area contributed by atoms with Crippen LogP contribution in [-0.2, 0) is 4.79 Å². The summed E-state index contributed by atoms with van der Waals surface area (Å²) in [4.78, 5) is 12.0. The molecule has 0 aliphatic carbocycles. The summed E-state index contributed by atoms with van der Waals surface area (Å²) in [5.74, 6) is 0.405. The maximum absolute atomic E-state index is 10.9. The highest BCUT2D eigenvalue weighted by Crippen LogP contribution is 2.35. The van der Waals surface area contributed by atoms with Crippen LogP contribution in [0.2, 0.25) is 0 Å². The van der Waals surface area contributed by atoms with Crippen LogP contribution in [-0.4, -0.2) is 23.4 Å². The molecule has 5 nitrogen and oxygen atoms in total. The van der Waals surface area contributed by atoms with Crippen molar-refractivity contribution in [2.45, 2.75) is 25.2 Å². The number of aryl methyl sites for hydroxylation is 1. The Labute approximate surface area is 263 Å². The van der Waals surface area contributed by atoms with Gasteiger partial charge >= 0.3 is 5.97 Å². The van der Waals surface area contributed by atoms with E-state index < -0.39 is 5.97 Å². The minimum Gasteiger partial charge on any atom is -0.482 e. The third-order valence-electron chi connectivity index (χ3n) is 7.53. The van der Waals surface area contributed by atoms with Gasteiger partial charge in [-0.3, -0.25) is 0 Å². The number of benzene rings is 5. The average molecular weight is 601 g/mol. The summed E-state index contributed by atoms with van der Waals surface area (Å²) in [5, 5.41) is 8.96. The topological polar surface area (TPSA) is 98.6 Å². The number of ether oxygens (including phenoxy) is 1. The van der Waals surface area contributed by atoms with Gasteiger partial charge < -0.3 is 21.3 Å². The van der Waals surface area contributed by atoms with E-state index in [1.54, 1.807) is 11.8 Å². The molecule has 5 rings (SSSR count). The lowest BCUT2D eigenvalue weighted by Gasteiger charge is -2.17. The Morgan fingerprint density at radius 2 is 1.16 bits per heavy atom. The highest BCUT2D eigenvalue weighted by Gasteiger charge is 2.14. The van der Waals surface area contributed by atoms with Crippen molar-refractivity contribution >= 4 is 34.7 Å². The van der Waals surface area contributed by atoms with Crippen molar-refractivity contribution in [1.82, 2.24) is 0 Å². The molecule has 222 valence electrons. The van der Waals surface area contributed by atoms with Crippen LogP contribution in [0.5, 0.6) is 5.75 Å². The third-order valence-corrected chi connectivity index (χ3v) is 8.61. The first kappa shape index (κ1) is 30.5. The molecule has 0 bridgehead atoms. The van der Waals surface area contributed by atoms with Gasteiger partial charge in [-0.25, -0.2) is 4.79 Å². The Hall–Kier alpha value is -4.94. The van der Waals surface area contributed by atoms with Crippen LogP contribution in [0.4, 0.5) is 11.4 Å². The standard InChI is InChI=1S/C38H36N2O3S/c1-3-26(24-44-35-20-21-36(25(2)22-35)43-23-37(41)42)38(31-8-4-27(5-9-31)29-12-16-33(39)17-13-29)32-10-6-28(7-11-32)30-14-18-34(40)19-15-30/h4-22H,3,23-24,39-40H2,1-2H3,(H,41,42). The summed E-state index contributed by atoms with van der Waals surface area (Å²) in [5.41, 5.74) is 23.6. The normalized spacial score (nSPS) is 10.8. The number of carboxylic acid groups (broad SMARTS) is 1. The van der Waals surface area contributed by atoms with Gasteiger partial charge in [0.1, 0.15) is 5.75 Å². The summed E-state index contributed by atoms with van der Waals surface area (Å²) in [7, 11) is 0. The molecule has 0 saturated carbocycles. The highest BCUT2D eigenvalue weighted by molar-refractivity contribution is 7.99. The van der Waals surface area contributed by atoms with Crippen molar-refractivity contribution < 1.29 is 14.6 Å². The first-order chi connectivity index (χ1) is 21.3. The highest BCUT2D eigenvalue weighted by atomic mass is 32.2. The Kier molecular flexibility index (Phi) is 9.72. The molecule has 0 aromatic heterocycles. The fraction of sp³-hybridized carbons (Fsp3) is 0.132. The smallest absolute Gasteiger partial charge is 0.341 e. The van der Waals surface area contributed by atoms with E-state index in [2.05, 4.69) is 61.5 Å². The Morgan fingerprint density at radius 1 is 0.705 bits per heavy atom. The lowest BCUT2D eigenvalue weighted by molar-refractivity contribution is -0.139. The van der Waals surface area contributed by atoms with Gasteiger partial charge in [-0.2, -0.15) is 0 Å². The molecule has 5 aromatic carbocycles. The van der Waals surface area contributed by atoms with Crippen LogP contribution in [0, 0.1) is 6.92 Å². The Morgan fingerprint density at radius 3 is 1.57 bits per heavy atom. The number of rotatable bonds is 11. The van der Waals surface area contributed by atoms with E-state index in [9.17, 15) is 4.79 Å². The van der Waals surface area contributed by atoms with E-state index in [4.69, 9.17) is 21.3 Å². The van der Waals surface area contributed by atoms with E-state index >= 15 is 0 Å². The summed E-state index contributed by atoms with van der Waals surface area (Å²) >= 11 is 1.77. The zero-order valence-electron chi connectivity index (χ0n) is 24.9. The van der Waals surface area contributed by atoms with Crippen molar-refractivity contribution in [2.75, 3.05) is 23.8 Å². The lowest BCUT2D eigenvalue weighted by atomic mass is 9.90. The number of hydrogen-bond acceptors (Lipinski definition) is 5. The number of nitrogen functional groups attached to an aromatic ring is 2. The third kappa shape index (κ3) is 7.52. The van der Waals surface area contributed by atoms with Crippen LogP contribution >= 0.6 is 11.8 Å². The van der Waals surface area contributed by atoms with Gasteiger partial charge in [-0.15, -0.1) is 11.8 Å². The molecule has 5 aromatic rings.